The highest BCUT2D eigenvalue weighted by molar-refractivity contribution is 6.32. The number of nitrogens with one attached hydrogen (secondary N) is 2. The second-order valence-corrected chi connectivity index (χ2v) is 4.58. The summed E-state index contributed by atoms with van der Waals surface area (Å²) in [5.41, 5.74) is 0.539. The van der Waals surface area contributed by atoms with E-state index in [2.05, 4.69) is 10.6 Å². The normalized spacial score (nSPS) is 10.4. The summed E-state index contributed by atoms with van der Waals surface area (Å²) in [6.45, 7) is 2.15. The molecular weight excluding hydrogens is 296 g/mol. The molecule has 0 aliphatic carbocycles. The third-order valence-corrected chi connectivity index (χ3v) is 2.84. The van der Waals surface area contributed by atoms with E-state index in [-0.39, 0.29) is 12.5 Å². The first-order valence-electron chi connectivity index (χ1n) is 6.58. The van der Waals surface area contributed by atoms with E-state index in [4.69, 9.17) is 25.8 Å². The van der Waals surface area contributed by atoms with Gasteiger partial charge in [0.2, 0.25) is 5.91 Å². The highest BCUT2D eigenvalue weighted by atomic mass is 35.5. The average Bonchev–Trinajstić information content (AvgIpc) is 2.46. The Morgan fingerprint density at radius 2 is 1.95 bits per heavy atom. The molecule has 118 valence electrons. The Balaban J connectivity index is 2.56. The number of benzene rings is 1. The minimum Gasteiger partial charge on any atom is -0.487 e. The van der Waals surface area contributed by atoms with Crippen LogP contribution in [0.2, 0.25) is 5.02 Å². The van der Waals surface area contributed by atoms with Gasteiger partial charge in [-0.05, 0) is 12.1 Å². The number of methoxy groups -OCH3 is 2. The number of hydrogen-bond donors (Lipinski definition) is 2. The first-order chi connectivity index (χ1) is 10.2. The number of carbonyl (C=O) groups is 1. The Kier molecular flexibility index (Phi) is 8.77. The maximum Gasteiger partial charge on any atom is 0.238 e. The van der Waals surface area contributed by atoms with Crippen molar-refractivity contribution >= 4 is 23.2 Å². The summed E-state index contributed by atoms with van der Waals surface area (Å²) >= 11 is 6.09. The van der Waals surface area contributed by atoms with Crippen molar-refractivity contribution in [3.8, 4) is 5.75 Å². The van der Waals surface area contributed by atoms with Gasteiger partial charge in [0.15, 0.2) is 5.75 Å². The minimum absolute atomic E-state index is 0.176. The molecule has 0 aliphatic rings. The Hall–Kier alpha value is -1.34. The molecule has 0 radical (unpaired) electrons. The van der Waals surface area contributed by atoms with E-state index in [9.17, 15) is 4.79 Å². The smallest absolute Gasteiger partial charge is 0.238 e. The van der Waals surface area contributed by atoms with E-state index in [1.807, 2.05) is 0 Å². The van der Waals surface area contributed by atoms with Gasteiger partial charge in [-0.15, -0.1) is 0 Å². The van der Waals surface area contributed by atoms with Crippen LogP contribution in [0.5, 0.6) is 5.75 Å². The maximum atomic E-state index is 11.8. The van der Waals surface area contributed by atoms with E-state index < -0.39 is 0 Å². The van der Waals surface area contributed by atoms with Crippen molar-refractivity contribution in [2.45, 2.75) is 0 Å². The van der Waals surface area contributed by atoms with E-state index in [0.717, 1.165) is 0 Å². The molecule has 0 spiro atoms. The molecule has 0 saturated heterocycles. The Morgan fingerprint density at radius 1 is 1.19 bits per heavy atom. The Bertz CT molecular complexity index is 443. The highest BCUT2D eigenvalue weighted by Gasteiger charge is 2.11. The fourth-order valence-electron chi connectivity index (χ4n) is 1.55. The van der Waals surface area contributed by atoms with Crippen LogP contribution in [0.15, 0.2) is 18.2 Å². The summed E-state index contributed by atoms with van der Waals surface area (Å²) in [7, 11) is 3.20. The lowest BCUT2D eigenvalue weighted by atomic mass is 10.3. The van der Waals surface area contributed by atoms with Gasteiger partial charge in [0.1, 0.15) is 6.61 Å². The van der Waals surface area contributed by atoms with Crippen LogP contribution in [0.25, 0.3) is 0 Å². The fraction of sp³-hybridized carbons (Fsp3) is 0.500. The Morgan fingerprint density at radius 3 is 2.67 bits per heavy atom. The maximum absolute atomic E-state index is 11.8. The minimum atomic E-state index is -0.176. The first-order valence-corrected chi connectivity index (χ1v) is 6.96. The van der Waals surface area contributed by atoms with Crippen molar-refractivity contribution in [2.75, 3.05) is 52.4 Å². The molecule has 0 unspecified atom stereocenters. The Labute approximate surface area is 129 Å². The van der Waals surface area contributed by atoms with Crippen LogP contribution in [-0.2, 0) is 14.3 Å². The zero-order chi connectivity index (χ0) is 15.5. The van der Waals surface area contributed by atoms with Gasteiger partial charge < -0.3 is 24.8 Å². The van der Waals surface area contributed by atoms with Gasteiger partial charge in [0.25, 0.3) is 0 Å². The third kappa shape index (κ3) is 6.77. The molecule has 21 heavy (non-hydrogen) atoms. The molecule has 2 N–H and O–H groups in total. The molecule has 1 aromatic carbocycles. The third-order valence-electron chi connectivity index (χ3n) is 2.54. The number of ether oxygens (including phenoxy) is 3. The summed E-state index contributed by atoms with van der Waals surface area (Å²) in [6.07, 6.45) is 0. The predicted molar refractivity (Wildman–Crippen MR) is 82.2 cm³/mol. The number of para-hydroxylation sites is 1. The molecule has 0 aromatic heterocycles. The number of hydrogen-bond acceptors (Lipinski definition) is 5. The van der Waals surface area contributed by atoms with Crippen molar-refractivity contribution < 1.29 is 19.0 Å². The molecule has 1 amide bonds. The van der Waals surface area contributed by atoms with Gasteiger partial charge >= 0.3 is 0 Å². The molecule has 0 atom stereocenters. The highest BCUT2D eigenvalue weighted by Crippen LogP contribution is 2.32. The number of anilines is 1. The van der Waals surface area contributed by atoms with Gasteiger partial charge in [-0.2, -0.15) is 0 Å². The molecule has 0 fully saturated rings. The molecule has 0 saturated carbocycles. The SMILES string of the molecule is COCCNCC(=O)Nc1cccc(Cl)c1OCCOC. The number of halogens is 1. The number of carbonyl (C=O) groups excluding carboxylic acids is 1. The van der Waals surface area contributed by atoms with Crippen molar-refractivity contribution in [1.29, 1.82) is 0 Å². The number of rotatable bonds is 10. The zero-order valence-electron chi connectivity index (χ0n) is 12.3. The second kappa shape index (κ2) is 10.4. The molecule has 1 rings (SSSR count). The molecule has 1 aromatic rings. The van der Waals surface area contributed by atoms with Crippen LogP contribution in [0.1, 0.15) is 0 Å². The molecular formula is C14H21ClN2O4. The van der Waals surface area contributed by atoms with E-state index in [0.29, 0.717) is 42.8 Å². The van der Waals surface area contributed by atoms with Crippen LogP contribution < -0.4 is 15.4 Å². The van der Waals surface area contributed by atoms with Gasteiger partial charge in [0, 0.05) is 20.8 Å². The largest absolute Gasteiger partial charge is 0.487 e. The van der Waals surface area contributed by atoms with Gasteiger partial charge in [0.05, 0.1) is 30.5 Å². The topological polar surface area (TPSA) is 68.8 Å². The summed E-state index contributed by atoms with van der Waals surface area (Å²) in [6, 6.07) is 5.19. The average molecular weight is 317 g/mol. The molecule has 0 aliphatic heterocycles. The standard InChI is InChI=1S/C14H21ClN2O4/c1-19-7-6-16-10-13(18)17-12-5-3-4-11(15)14(12)21-9-8-20-2/h3-5,16H,6-10H2,1-2H3,(H,17,18). The van der Waals surface area contributed by atoms with Crippen molar-refractivity contribution in [3.63, 3.8) is 0 Å². The van der Waals surface area contributed by atoms with Crippen LogP contribution in [0.4, 0.5) is 5.69 Å². The second-order valence-electron chi connectivity index (χ2n) is 4.18. The zero-order valence-corrected chi connectivity index (χ0v) is 13.0. The predicted octanol–water partition coefficient (Wildman–Crippen LogP) is 1.54. The monoisotopic (exact) mass is 316 g/mol. The van der Waals surface area contributed by atoms with E-state index in [1.54, 1.807) is 32.4 Å². The summed E-state index contributed by atoms with van der Waals surface area (Å²) in [4.78, 5) is 11.8. The summed E-state index contributed by atoms with van der Waals surface area (Å²) < 4.78 is 15.4. The van der Waals surface area contributed by atoms with Crippen molar-refractivity contribution in [2.24, 2.45) is 0 Å². The molecule has 0 bridgehead atoms. The summed E-state index contributed by atoms with van der Waals surface area (Å²) in [5.74, 6) is 0.270. The fourth-order valence-corrected chi connectivity index (χ4v) is 1.78. The van der Waals surface area contributed by atoms with Crippen LogP contribution in [-0.4, -0.2) is 53.0 Å². The molecule has 0 heterocycles. The number of amides is 1. The van der Waals surface area contributed by atoms with Crippen LogP contribution in [0.3, 0.4) is 0 Å². The van der Waals surface area contributed by atoms with Gasteiger partial charge in [-0.25, -0.2) is 0 Å². The lowest BCUT2D eigenvalue weighted by Gasteiger charge is -2.14. The van der Waals surface area contributed by atoms with Gasteiger partial charge in [-0.1, -0.05) is 17.7 Å². The van der Waals surface area contributed by atoms with Crippen LogP contribution in [0, 0.1) is 0 Å². The summed E-state index contributed by atoms with van der Waals surface area (Å²) in [5, 5.41) is 6.17. The lowest BCUT2D eigenvalue weighted by Crippen LogP contribution is -2.30. The van der Waals surface area contributed by atoms with E-state index >= 15 is 0 Å². The quantitative estimate of drug-likeness (QED) is 0.641. The van der Waals surface area contributed by atoms with Crippen molar-refractivity contribution in [1.82, 2.24) is 5.32 Å². The molecule has 6 nitrogen and oxygen atoms in total. The van der Waals surface area contributed by atoms with Crippen LogP contribution >= 0.6 is 11.6 Å². The van der Waals surface area contributed by atoms with E-state index in [1.165, 1.54) is 0 Å². The van der Waals surface area contributed by atoms with Gasteiger partial charge in [-0.3, -0.25) is 4.79 Å². The lowest BCUT2D eigenvalue weighted by molar-refractivity contribution is -0.115. The van der Waals surface area contributed by atoms with Crippen molar-refractivity contribution in [3.05, 3.63) is 23.2 Å². The molecule has 7 heteroatoms. The first kappa shape index (κ1) is 17.7.